The summed E-state index contributed by atoms with van der Waals surface area (Å²) < 4.78 is 10.9. The Labute approximate surface area is 172 Å². The normalized spacial score (nSPS) is 23.6. The van der Waals surface area contributed by atoms with E-state index in [0.717, 1.165) is 6.42 Å². The second-order valence-corrected chi connectivity index (χ2v) is 8.06. The summed E-state index contributed by atoms with van der Waals surface area (Å²) in [5.41, 5.74) is 0. The lowest BCUT2D eigenvalue weighted by Crippen LogP contribution is -2.42. The first kappa shape index (κ1) is 25.6. The zero-order valence-corrected chi connectivity index (χ0v) is 17.9. The van der Waals surface area contributed by atoms with Gasteiger partial charge in [0.15, 0.2) is 0 Å². The molecule has 1 aliphatic rings. The summed E-state index contributed by atoms with van der Waals surface area (Å²) in [7, 11) is 0. The first-order valence-corrected chi connectivity index (χ1v) is 11.6. The van der Waals surface area contributed by atoms with E-state index >= 15 is 0 Å². The monoisotopic (exact) mass is 400 g/mol. The molecule has 0 unspecified atom stereocenters. The molecule has 4 atom stereocenters. The third-order valence-corrected chi connectivity index (χ3v) is 5.50. The van der Waals surface area contributed by atoms with Crippen molar-refractivity contribution in [1.82, 2.24) is 0 Å². The molecule has 0 amide bonds. The summed E-state index contributed by atoms with van der Waals surface area (Å²) in [5, 5.41) is 28.6. The van der Waals surface area contributed by atoms with Crippen molar-refractivity contribution in [2.24, 2.45) is 0 Å². The number of unbranched alkanes of at least 4 members (excludes halogenated alkanes) is 12. The second kappa shape index (κ2) is 17.4. The fraction of sp³-hybridized carbons (Fsp3) is 0.913. The average molecular weight is 401 g/mol. The molecule has 1 fully saturated rings. The minimum atomic E-state index is -1.02. The molecule has 166 valence electrons. The summed E-state index contributed by atoms with van der Waals surface area (Å²) in [6.07, 6.45) is 18.4. The third kappa shape index (κ3) is 11.5. The highest BCUT2D eigenvalue weighted by Crippen LogP contribution is 2.21. The van der Waals surface area contributed by atoms with Gasteiger partial charge in [-0.05, 0) is 12.8 Å². The molecule has 1 heterocycles. The van der Waals surface area contributed by atoms with E-state index in [4.69, 9.17) is 14.6 Å². The first-order chi connectivity index (χ1) is 13.7. The van der Waals surface area contributed by atoms with Crippen LogP contribution in [0.4, 0.5) is 0 Å². The zero-order chi connectivity index (χ0) is 20.5. The Balaban J connectivity index is 1.90. The van der Waals surface area contributed by atoms with Crippen LogP contribution in [0.15, 0.2) is 12.2 Å². The number of hydrogen-bond acceptors (Lipinski definition) is 5. The Morgan fingerprint density at radius 2 is 1.50 bits per heavy atom. The maximum absolute atomic E-state index is 9.86. The Kier molecular flexibility index (Phi) is 15.9. The molecule has 0 aromatic rings. The SMILES string of the molecule is CCCCCCCCCCCCCC/C=C/CO[C@@H]1[C@H]([C@@H](O)CO)OC[C@H]1O. The maximum atomic E-state index is 9.86. The van der Waals surface area contributed by atoms with Gasteiger partial charge in [-0.2, -0.15) is 0 Å². The summed E-state index contributed by atoms with van der Waals surface area (Å²) in [6, 6.07) is 0. The maximum Gasteiger partial charge on any atom is 0.115 e. The number of allylic oxidation sites excluding steroid dienone is 1. The molecule has 5 nitrogen and oxygen atoms in total. The molecule has 0 aromatic heterocycles. The first-order valence-electron chi connectivity index (χ1n) is 11.6. The van der Waals surface area contributed by atoms with E-state index in [-0.39, 0.29) is 6.61 Å². The molecule has 0 radical (unpaired) electrons. The van der Waals surface area contributed by atoms with Crippen molar-refractivity contribution in [1.29, 1.82) is 0 Å². The van der Waals surface area contributed by atoms with Gasteiger partial charge in [-0.3, -0.25) is 0 Å². The molecular weight excluding hydrogens is 356 g/mol. The smallest absolute Gasteiger partial charge is 0.115 e. The van der Waals surface area contributed by atoms with Gasteiger partial charge in [0.05, 0.1) is 19.8 Å². The van der Waals surface area contributed by atoms with Crippen molar-refractivity contribution in [2.75, 3.05) is 19.8 Å². The summed E-state index contributed by atoms with van der Waals surface area (Å²) in [5.74, 6) is 0. The van der Waals surface area contributed by atoms with E-state index in [2.05, 4.69) is 13.0 Å². The highest BCUT2D eigenvalue weighted by Gasteiger charge is 2.40. The van der Waals surface area contributed by atoms with Crippen LogP contribution in [0.2, 0.25) is 0 Å². The van der Waals surface area contributed by atoms with Crippen LogP contribution >= 0.6 is 0 Å². The van der Waals surface area contributed by atoms with Crippen molar-refractivity contribution in [2.45, 2.75) is 115 Å². The molecular formula is C23H44O5. The van der Waals surface area contributed by atoms with Crippen molar-refractivity contribution in [3.63, 3.8) is 0 Å². The quantitative estimate of drug-likeness (QED) is 0.238. The van der Waals surface area contributed by atoms with Crippen molar-refractivity contribution >= 4 is 0 Å². The number of hydrogen-bond donors (Lipinski definition) is 3. The number of aliphatic hydroxyl groups is 3. The molecule has 0 aliphatic carbocycles. The molecule has 0 bridgehead atoms. The van der Waals surface area contributed by atoms with Gasteiger partial charge in [0.2, 0.25) is 0 Å². The summed E-state index contributed by atoms with van der Waals surface area (Å²) in [4.78, 5) is 0. The second-order valence-electron chi connectivity index (χ2n) is 8.06. The fourth-order valence-electron chi connectivity index (χ4n) is 3.71. The van der Waals surface area contributed by atoms with Gasteiger partial charge in [-0.15, -0.1) is 0 Å². The van der Waals surface area contributed by atoms with Crippen LogP contribution < -0.4 is 0 Å². The van der Waals surface area contributed by atoms with Crippen LogP contribution in [-0.4, -0.2) is 59.6 Å². The Hall–Kier alpha value is -0.460. The molecule has 1 aliphatic heterocycles. The third-order valence-electron chi connectivity index (χ3n) is 5.50. The van der Waals surface area contributed by atoms with Gasteiger partial charge in [-0.25, -0.2) is 0 Å². The van der Waals surface area contributed by atoms with Crippen molar-refractivity contribution in [3.05, 3.63) is 12.2 Å². The predicted octanol–water partition coefficient (Wildman–Crippen LogP) is 4.13. The molecule has 1 rings (SSSR count). The molecule has 0 spiro atoms. The molecule has 3 N–H and O–H groups in total. The summed E-state index contributed by atoms with van der Waals surface area (Å²) >= 11 is 0. The topological polar surface area (TPSA) is 79.2 Å². The van der Waals surface area contributed by atoms with Gasteiger partial charge in [-0.1, -0.05) is 89.7 Å². The number of aliphatic hydroxyl groups excluding tert-OH is 3. The highest BCUT2D eigenvalue weighted by atomic mass is 16.6. The zero-order valence-electron chi connectivity index (χ0n) is 17.9. The van der Waals surface area contributed by atoms with Crippen LogP contribution in [0.3, 0.4) is 0 Å². The van der Waals surface area contributed by atoms with Gasteiger partial charge >= 0.3 is 0 Å². The largest absolute Gasteiger partial charge is 0.394 e. The van der Waals surface area contributed by atoms with Crippen LogP contribution in [0.1, 0.15) is 90.4 Å². The molecule has 1 saturated heterocycles. The van der Waals surface area contributed by atoms with E-state index in [9.17, 15) is 10.2 Å². The lowest BCUT2D eigenvalue weighted by molar-refractivity contribution is -0.0879. The Morgan fingerprint density at radius 1 is 0.929 bits per heavy atom. The van der Waals surface area contributed by atoms with E-state index < -0.39 is 31.0 Å². The van der Waals surface area contributed by atoms with Gasteiger partial charge in [0, 0.05) is 0 Å². The van der Waals surface area contributed by atoms with Crippen LogP contribution in [0, 0.1) is 0 Å². The van der Waals surface area contributed by atoms with E-state index in [1.165, 1.54) is 77.0 Å². The standard InChI is InChI=1S/C23H44O5/c1-2-3-4-5-6-7-8-9-10-11-12-13-14-15-16-17-27-23-21(26)19-28-22(23)20(25)18-24/h15-16,20-26H,2-14,17-19H2,1H3/b16-15+/t20-,21+,22-,23-/m0/s1. The van der Waals surface area contributed by atoms with Crippen LogP contribution in [-0.2, 0) is 9.47 Å². The molecule has 28 heavy (non-hydrogen) atoms. The van der Waals surface area contributed by atoms with Crippen molar-refractivity contribution < 1.29 is 24.8 Å². The van der Waals surface area contributed by atoms with E-state index in [1.54, 1.807) is 0 Å². The highest BCUT2D eigenvalue weighted by molar-refractivity contribution is 4.91. The molecule has 5 heteroatoms. The lowest BCUT2D eigenvalue weighted by atomic mass is 10.0. The minimum Gasteiger partial charge on any atom is -0.394 e. The van der Waals surface area contributed by atoms with Gasteiger partial charge < -0.3 is 24.8 Å². The Morgan fingerprint density at radius 3 is 2.07 bits per heavy atom. The van der Waals surface area contributed by atoms with E-state index in [1.807, 2.05) is 6.08 Å². The van der Waals surface area contributed by atoms with E-state index in [0.29, 0.717) is 6.61 Å². The van der Waals surface area contributed by atoms with Crippen LogP contribution in [0.5, 0.6) is 0 Å². The van der Waals surface area contributed by atoms with Gasteiger partial charge in [0.25, 0.3) is 0 Å². The minimum absolute atomic E-state index is 0.134. The summed E-state index contributed by atoms with van der Waals surface area (Å²) in [6.45, 7) is 2.39. The predicted molar refractivity (Wildman–Crippen MR) is 113 cm³/mol. The van der Waals surface area contributed by atoms with Gasteiger partial charge in [0.1, 0.15) is 24.4 Å². The average Bonchev–Trinajstić information content (AvgIpc) is 3.07. The van der Waals surface area contributed by atoms with Crippen molar-refractivity contribution in [3.8, 4) is 0 Å². The fourth-order valence-corrected chi connectivity index (χ4v) is 3.71. The van der Waals surface area contributed by atoms with Crippen LogP contribution in [0.25, 0.3) is 0 Å². The molecule has 0 aromatic carbocycles. The number of ether oxygens (including phenoxy) is 2. The Bertz CT molecular complexity index is 374. The number of rotatable bonds is 18. The lowest BCUT2D eigenvalue weighted by Gasteiger charge is -2.23. The molecule has 0 saturated carbocycles.